The normalized spacial score (nSPS) is 11.9. The summed E-state index contributed by atoms with van der Waals surface area (Å²) in [6.07, 6.45) is 12.1. The van der Waals surface area contributed by atoms with Gasteiger partial charge in [0.2, 0.25) is 0 Å². The van der Waals surface area contributed by atoms with E-state index in [-0.39, 0.29) is 13.2 Å². The van der Waals surface area contributed by atoms with Crippen molar-refractivity contribution in [2.45, 2.75) is 71.1 Å². The van der Waals surface area contributed by atoms with E-state index >= 15 is 0 Å². The van der Waals surface area contributed by atoms with Gasteiger partial charge in [-0.1, -0.05) is 64.7 Å². The van der Waals surface area contributed by atoms with E-state index in [0.29, 0.717) is 0 Å². The molecule has 0 heterocycles. The van der Waals surface area contributed by atoms with E-state index in [1.807, 2.05) is 0 Å². The summed E-state index contributed by atoms with van der Waals surface area (Å²) in [6.45, 7) is 5.60. The molecule has 1 radical (unpaired) electrons. The summed E-state index contributed by atoms with van der Waals surface area (Å²) < 4.78 is 31.0. The molecular formula is C14H29O4S. The van der Waals surface area contributed by atoms with E-state index in [0.717, 1.165) is 19.3 Å². The Labute approximate surface area is 119 Å². The van der Waals surface area contributed by atoms with Crippen LogP contribution in [-0.4, -0.2) is 21.6 Å². The second-order valence-electron chi connectivity index (χ2n) is 4.73. The molecule has 0 fully saturated rings. The summed E-state index contributed by atoms with van der Waals surface area (Å²) in [5.74, 6) is 0. The largest absolute Gasteiger partial charge is 0.399 e. The predicted molar refractivity (Wildman–Crippen MR) is 78.0 cm³/mol. The number of hydrogen-bond acceptors (Lipinski definition) is 4. The van der Waals surface area contributed by atoms with Crippen molar-refractivity contribution in [2.75, 3.05) is 13.2 Å². The molecular weight excluding hydrogens is 264 g/mol. The Morgan fingerprint density at radius 2 is 1.26 bits per heavy atom. The van der Waals surface area contributed by atoms with E-state index in [2.05, 4.69) is 22.2 Å². The highest BCUT2D eigenvalue weighted by Crippen LogP contribution is 2.10. The molecule has 0 aliphatic heterocycles. The molecule has 0 saturated heterocycles. The van der Waals surface area contributed by atoms with Crippen LogP contribution in [0.3, 0.4) is 0 Å². The van der Waals surface area contributed by atoms with E-state index in [1.165, 1.54) is 44.9 Å². The maximum atomic E-state index is 11.0. The zero-order valence-corrected chi connectivity index (χ0v) is 13.1. The van der Waals surface area contributed by atoms with Gasteiger partial charge in [0.1, 0.15) is 0 Å². The topological polar surface area (TPSA) is 52.6 Å². The summed E-state index contributed by atoms with van der Waals surface area (Å²) in [6, 6.07) is 0. The number of rotatable bonds is 14. The van der Waals surface area contributed by atoms with Crippen LogP contribution in [-0.2, 0) is 18.8 Å². The highest BCUT2D eigenvalue weighted by Gasteiger charge is 2.09. The third-order valence-corrected chi connectivity index (χ3v) is 3.86. The van der Waals surface area contributed by atoms with Crippen LogP contribution in [0.15, 0.2) is 0 Å². The monoisotopic (exact) mass is 293 g/mol. The Hall–Kier alpha value is -0.130. The summed E-state index contributed by atoms with van der Waals surface area (Å²) in [7, 11) is -3.80. The molecule has 0 aromatic rings. The van der Waals surface area contributed by atoms with Crippen molar-refractivity contribution in [3.05, 3.63) is 6.92 Å². The predicted octanol–water partition coefficient (Wildman–Crippen LogP) is 4.02. The average Bonchev–Trinajstić information content (AvgIpc) is 2.36. The molecule has 0 aromatic heterocycles. The smallest absolute Gasteiger partial charge is 0.248 e. The van der Waals surface area contributed by atoms with Crippen molar-refractivity contribution in [1.29, 1.82) is 0 Å². The van der Waals surface area contributed by atoms with E-state index in [1.54, 1.807) is 0 Å². The fourth-order valence-corrected chi connectivity index (χ4v) is 2.48. The van der Waals surface area contributed by atoms with Gasteiger partial charge in [-0.3, -0.25) is 0 Å². The van der Waals surface area contributed by atoms with Gasteiger partial charge >= 0.3 is 10.4 Å². The maximum absolute atomic E-state index is 11.0. The molecule has 0 N–H and O–H groups in total. The first kappa shape index (κ1) is 18.9. The molecule has 0 aromatic carbocycles. The van der Waals surface area contributed by atoms with E-state index in [4.69, 9.17) is 0 Å². The van der Waals surface area contributed by atoms with Crippen molar-refractivity contribution in [1.82, 2.24) is 0 Å². The molecule has 0 unspecified atom stereocenters. The fourth-order valence-electron chi connectivity index (χ4n) is 1.89. The van der Waals surface area contributed by atoms with Gasteiger partial charge in [-0.25, -0.2) is 8.37 Å². The van der Waals surface area contributed by atoms with Crippen molar-refractivity contribution in [3.63, 3.8) is 0 Å². The summed E-state index contributed by atoms with van der Waals surface area (Å²) in [5, 5.41) is 0. The van der Waals surface area contributed by atoms with Gasteiger partial charge in [-0.2, -0.15) is 8.42 Å². The molecule has 4 nitrogen and oxygen atoms in total. The Balaban J connectivity index is 3.19. The molecule has 0 saturated carbocycles. The third-order valence-electron chi connectivity index (χ3n) is 2.95. The highest BCUT2D eigenvalue weighted by atomic mass is 32.3. The molecule has 0 bridgehead atoms. The molecule has 115 valence electrons. The second kappa shape index (κ2) is 12.9. The van der Waals surface area contributed by atoms with Crippen LogP contribution in [0, 0.1) is 6.92 Å². The first-order valence-corrected chi connectivity index (χ1v) is 8.78. The fraction of sp³-hybridized carbons (Fsp3) is 0.929. The molecule has 0 aliphatic rings. The molecule has 0 rings (SSSR count). The van der Waals surface area contributed by atoms with Crippen LogP contribution in [0.1, 0.15) is 71.1 Å². The van der Waals surface area contributed by atoms with Crippen molar-refractivity contribution in [2.24, 2.45) is 0 Å². The third kappa shape index (κ3) is 14.1. The highest BCUT2D eigenvalue weighted by molar-refractivity contribution is 7.81. The molecule has 0 aliphatic carbocycles. The first-order valence-electron chi connectivity index (χ1n) is 7.45. The van der Waals surface area contributed by atoms with Gasteiger partial charge in [0, 0.05) is 0 Å². The molecule has 5 heteroatoms. The zero-order chi connectivity index (χ0) is 14.4. The van der Waals surface area contributed by atoms with E-state index < -0.39 is 10.4 Å². The van der Waals surface area contributed by atoms with Crippen LogP contribution < -0.4 is 0 Å². The van der Waals surface area contributed by atoms with Gasteiger partial charge in [0.15, 0.2) is 0 Å². The minimum Gasteiger partial charge on any atom is -0.248 e. The van der Waals surface area contributed by atoms with Crippen molar-refractivity contribution in [3.8, 4) is 0 Å². The van der Waals surface area contributed by atoms with Gasteiger partial charge in [-0.05, 0) is 13.3 Å². The van der Waals surface area contributed by atoms with Crippen molar-refractivity contribution >= 4 is 10.4 Å². The standard InChI is InChI=1S/C14H29O4S/c1-3-5-6-7-8-9-10-11-12-13-14-18-19(15,16)17-4-2/h2-14H2,1H3. The minimum absolute atomic E-state index is 0.125. The molecule has 0 spiro atoms. The quantitative estimate of drug-likeness (QED) is 0.454. The summed E-state index contributed by atoms with van der Waals surface area (Å²) in [4.78, 5) is 0. The Kier molecular flexibility index (Phi) is 12.8. The zero-order valence-electron chi connectivity index (χ0n) is 12.2. The van der Waals surface area contributed by atoms with Gasteiger partial charge < -0.3 is 0 Å². The first-order chi connectivity index (χ1) is 9.12. The SMILES string of the molecule is [CH2]COS(=O)(=O)OCCCCCCCCCCCC. The lowest BCUT2D eigenvalue weighted by atomic mass is 10.1. The van der Waals surface area contributed by atoms with Crippen LogP contribution in [0.2, 0.25) is 0 Å². The van der Waals surface area contributed by atoms with Crippen LogP contribution in [0.4, 0.5) is 0 Å². The number of hydrogen-bond donors (Lipinski definition) is 0. The minimum atomic E-state index is -3.80. The average molecular weight is 293 g/mol. The Morgan fingerprint density at radius 3 is 1.74 bits per heavy atom. The lowest BCUT2D eigenvalue weighted by Gasteiger charge is -2.04. The summed E-state index contributed by atoms with van der Waals surface area (Å²) in [5.41, 5.74) is 0. The number of unbranched alkanes of at least 4 members (excludes halogenated alkanes) is 9. The van der Waals surface area contributed by atoms with E-state index in [9.17, 15) is 8.42 Å². The van der Waals surface area contributed by atoms with Gasteiger partial charge in [0.05, 0.1) is 13.2 Å². The van der Waals surface area contributed by atoms with Crippen LogP contribution in [0.25, 0.3) is 0 Å². The Bertz CT molecular complexity index is 275. The van der Waals surface area contributed by atoms with Crippen molar-refractivity contribution < 1.29 is 16.8 Å². The van der Waals surface area contributed by atoms with Crippen LogP contribution in [0.5, 0.6) is 0 Å². The van der Waals surface area contributed by atoms with Gasteiger partial charge in [0.25, 0.3) is 0 Å². The lowest BCUT2D eigenvalue weighted by molar-refractivity contribution is 0.224. The maximum Gasteiger partial charge on any atom is 0.399 e. The molecule has 0 atom stereocenters. The lowest BCUT2D eigenvalue weighted by Crippen LogP contribution is -2.10. The molecule has 19 heavy (non-hydrogen) atoms. The summed E-state index contributed by atoms with van der Waals surface area (Å²) >= 11 is 0. The molecule has 0 amide bonds. The van der Waals surface area contributed by atoms with Crippen LogP contribution >= 0.6 is 0 Å². The Morgan fingerprint density at radius 1 is 0.789 bits per heavy atom. The van der Waals surface area contributed by atoms with Gasteiger partial charge in [-0.15, -0.1) is 0 Å². The second-order valence-corrected chi connectivity index (χ2v) is 6.02.